The third-order valence-corrected chi connectivity index (χ3v) is 5.85. The monoisotopic (exact) mass is 337 g/mol. The van der Waals surface area contributed by atoms with Crippen molar-refractivity contribution in [3.63, 3.8) is 0 Å². The molecule has 1 aromatic carbocycles. The SMILES string of the molecule is CC(NC1C2CCCOC2C1(C)C)c1ccccc1Br. The topological polar surface area (TPSA) is 21.3 Å². The molecule has 3 rings (SSSR count). The van der Waals surface area contributed by atoms with Gasteiger partial charge in [-0.2, -0.15) is 0 Å². The summed E-state index contributed by atoms with van der Waals surface area (Å²) in [5.41, 5.74) is 1.57. The maximum absolute atomic E-state index is 5.98. The summed E-state index contributed by atoms with van der Waals surface area (Å²) in [6.07, 6.45) is 2.95. The summed E-state index contributed by atoms with van der Waals surface area (Å²) in [6, 6.07) is 9.40. The van der Waals surface area contributed by atoms with Crippen LogP contribution in [0.4, 0.5) is 0 Å². The first-order chi connectivity index (χ1) is 9.51. The van der Waals surface area contributed by atoms with Gasteiger partial charge in [-0.15, -0.1) is 0 Å². The van der Waals surface area contributed by atoms with Crippen LogP contribution in [-0.4, -0.2) is 18.8 Å². The summed E-state index contributed by atoms with van der Waals surface area (Å²) in [5.74, 6) is 0.684. The molecule has 0 spiro atoms. The Balaban J connectivity index is 1.73. The van der Waals surface area contributed by atoms with Crippen LogP contribution in [0.5, 0.6) is 0 Å². The molecule has 1 saturated heterocycles. The molecule has 0 bridgehead atoms. The number of rotatable bonds is 3. The highest BCUT2D eigenvalue weighted by Gasteiger charge is 2.57. The van der Waals surface area contributed by atoms with E-state index in [1.165, 1.54) is 22.9 Å². The maximum Gasteiger partial charge on any atom is 0.0684 e. The second-order valence-corrected chi connectivity index (χ2v) is 7.66. The molecule has 0 amide bonds. The second kappa shape index (κ2) is 5.43. The number of halogens is 1. The molecule has 2 aliphatic rings. The molecule has 1 saturated carbocycles. The molecule has 0 aromatic heterocycles. The Kier molecular flexibility index (Phi) is 3.95. The first-order valence-corrected chi connectivity index (χ1v) is 8.43. The summed E-state index contributed by atoms with van der Waals surface area (Å²) in [4.78, 5) is 0. The minimum absolute atomic E-state index is 0.237. The molecule has 1 heterocycles. The van der Waals surface area contributed by atoms with Crippen molar-refractivity contribution in [1.82, 2.24) is 5.32 Å². The van der Waals surface area contributed by atoms with Crippen molar-refractivity contribution in [3.05, 3.63) is 34.3 Å². The lowest BCUT2D eigenvalue weighted by Gasteiger charge is -2.60. The fourth-order valence-electron chi connectivity index (χ4n) is 4.05. The maximum atomic E-state index is 5.98. The van der Waals surface area contributed by atoms with Gasteiger partial charge >= 0.3 is 0 Å². The van der Waals surface area contributed by atoms with Crippen molar-refractivity contribution in [1.29, 1.82) is 0 Å². The normalized spacial score (nSPS) is 33.1. The van der Waals surface area contributed by atoms with Crippen LogP contribution in [0, 0.1) is 11.3 Å². The summed E-state index contributed by atoms with van der Waals surface area (Å²) in [6.45, 7) is 7.87. The van der Waals surface area contributed by atoms with Crippen LogP contribution in [0.15, 0.2) is 28.7 Å². The molecule has 1 aromatic rings. The van der Waals surface area contributed by atoms with Gasteiger partial charge in [0.2, 0.25) is 0 Å². The molecular weight excluding hydrogens is 314 g/mol. The lowest BCUT2D eigenvalue weighted by atomic mass is 9.55. The Bertz CT molecular complexity index is 488. The van der Waals surface area contributed by atoms with Gasteiger partial charge in [0, 0.05) is 34.5 Å². The Morgan fingerprint density at radius 3 is 2.85 bits per heavy atom. The zero-order valence-corrected chi connectivity index (χ0v) is 14.1. The molecule has 4 unspecified atom stereocenters. The Labute approximate surface area is 130 Å². The minimum Gasteiger partial charge on any atom is -0.377 e. The lowest BCUT2D eigenvalue weighted by molar-refractivity contribution is -0.194. The molecule has 2 nitrogen and oxygen atoms in total. The Hall–Kier alpha value is -0.380. The lowest BCUT2D eigenvalue weighted by Crippen LogP contribution is -2.69. The van der Waals surface area contributed by atoms with Gasteiger partial charge in [-0.1, -0.05) is 48.0 Å². The van der Waals surface area contributed by atoms with E-state index in [4.69, 9.17) is 4.74 Å². The van der Waals surface area contributed by atoms with Gasteiger partial charge < -0.3 is 10.1 Å². The van der Waals surface area contributed by atoms with Gasteiger partial charge in [0.15, 0.2) is 0 Å². The fraction of sp³-hybridized carbons (Fsp3) is 0.647. The summed E-state index contributed by atoms with van der Waals surface area (Å²) in [7, 11) is 0. The number of hydrogen-bond donors (Lipinski definition) is 1. The molecule has 1 aliphatic heterocycles. The van der Waals surface area contributed by atoms with E-state index in [0.717, 1.165) is 6.61 Å². The molecule has 4 atom stereocenters. The summed E-state index contributed by atoms with van der Waals surface area (Å²) < 4.78 is 7.17. The van der Waals surface area contributed by atoms with Gasteiger partial charge in [0.1, 0.15) is 0 Å². The van der Waals surface area contributed by atoms with Crippen LogP contribution in [-0.2, 0) is 4.74 Å². The molecule has 0 radical (unpaired) electrons. The van der Waals surface area contributed by atoms with E-state index in [-0.39, 0.29) is 5.41 Å². The highest BCUT2D eigenvalue weighted by atomic mass is 79.9. The predicted octanol–water partition coefficient (Wildman–Crippen LogP) is 4.30. The zero-order valence-electron chi connectivity index (χ0n) is 12.5. The molecule has 1 aliphatic carbocycles. The highest BCUT2D eigenvalue weighted by Crippen LogP contribution is 2.52. The van der Waals surface area contributed by atoms with E-state index >= 15 is 0 Å². The first-order valence-electron chi connectivity index (χ1n) is 7.64. The fourth-order valence-corrected chi connectivity index (χ4v) is 4.67. The van der Waals surface area contributed by atoms with E-state index in [9.17, 15) is 0 Å². The van der Waals surface area contributed by atoms with Crippen molar-refractivity contribution in [2.45, 2.75) is 51.8 Å². The Morgan fingerprint density at radius 1 is 1.35 bits per heavy atom. The van der Waals surface area contributed by atoms with Crippen LogP contribution in [0.1, 0.15) is 45.2 Å². The van der Waals surface area contributed by atoms with E-state index in [0.29, 0.717) is 24.1 Å². The Morgan fingerprint density at radius 2 is 2.10 bits per heavy atom. The number of ether oxygens (including phenoxy) is 1. The predicted molar refractivity (Wildman–Crippen MR) is 85.7 cm³/mol. The molecule has 20 heavy (non-hydrogen) atoms. The quantitative estimate of drug-likeness (QED) is 0.887. The third kappa shape index (κ3) is 2.34. The van der Waals surface area contributed by atoms with Crippen molar-refractivity contribution in [3.8, 4) is 0 Å². The van der Waals surface area contributed by atoms with Crippen molar-refractivity contribution >= 4 is 15.9 Å². The van der Waals surface area contributed by atoms with Gasteiger partial charge in [-0.3, -0.25) is 0 Å². The summed E-state index contributed by atoms with van der Waals surface area (Å²) in [5, 5.41) is 3.85. The second-order valence-electron chi connectivity index (χ2n) is 6.81. The zero-order chi connectivity index (χ0) is 14.3. The van der Waals surface area contributed by atoms with Gasteiger partial charge in [-0.05, 0) is 31.4 Å². The highest BCUT2D eigenvalue weighted by molar-refractivity contribution is 9.10. The average Bonchev–Trinajstić information content (AvgIpc) is 2.45. The number of fused-ring (bicyclic) bond motifs is 1. The smallest absolute Gasteiger partial charge is 0.0684 e. The van der Waals surface area contributed by atoms with E-state index in [1.54, 1.807) is 0 Å². The van der Waals surface area contributed by atoms with Crippen LogP contribution in [0.3, 0.4) is 0 Å². The number of hydrogen-bond acceptors (Lipinski definition) is 2. The molecular formula is C17H24BrNO. The average molecular weight is 338 g/mol. The van der Waals surface area contributed by atoms with Crippen molar-refractivity contribution in [2.24, 2.45) is 11.3 Å². The van der Waals surface area contributed by atoms with Crippen LogP contribution in [0.2, 0.25) is 0 Å². The van der Waals surface area contributed by atoms with E-state index in [1.807, 2.05) is 0 Å². The summed E-state index contributed by atoms with van der Waals surface area (Å²) >= 11 is 3.66. The van der Waals surface area contributed by atoms with Crippen LogP contribution in [0.25, 0.3) is 0 Å². The third-order valence-electron chi connectivity index (χ3n) is 5.13. The largest absolute Gasteiger partial charge is 0.377 e. The molecule has 2 fully saturated rings. The van der Waals surface area contributed by atoms with Crippen molar-refractivity contribution < 1.29 is 4.74 Å². The standard InChI is InChI=1S/C17H24BrNO/c1-11(12-7-4-5-9-14(12)18)19-15-13-8-6-10-20-16(13)17(15,2)3/h4-5,7,9,11,13,15-16,19H,6,8,10H2,1-3H3. The minimum atomic E-state index is 0.237. The first kappa shape index (κ1) is 14.6. The number of nitrogens with one attached hydrogen (secondary N) is 1. The van der Waals surface area contributed by atoms with Crippen LogP contribution < -0.4 is 5.32 Å². The van der Waals surface area contributed by atoms with Gasteiger partial charge in [-0.25, -0.2) is 0 Å². The molecule has 3 heteroatoms. The van der Waals surface area contributed by atoms with E-state index < -0.39 is 0 Å². The van der Waals surface area contributed by atoms with Crippen LogP contribution >= 0.6 is 15.9 Å². The van der Waals surface area contributed by atoms with Crippen molar-refractivity contribution in [2.75, 3.05) is 6.61 Å². The number of benzene rings is 1. The molecule has 1 N–H and O–H groups in total. The van der Waals surface area contributed by atoms with Gasteiger partial charge in [0.05, 0.1) is 6.10 Å². The molecule has 110 valence electrons. The van der Waals surface area contributed by atoms with E-state index in [2.05, 4.69) is 66.3 Å². The van der Waals surface area contributed by atoms with Gasteiger partial charge in [0.25, 0.3) is 0 Å².